The number of anilines is 2. The van der Waals surface area contributed by atoms with Crippen molar-refractivity contribution in [1.82, 2.24) is 29.2 Å². The number of nitrogens with zero attached hydrogens (tertiary/aromatic N) is 6. The summed E-state index contributed by atoms with van der Waals surface area (Å²) in [5.74, 6) is -0.884. The highest BCUT2D eigenvalue weighted by Crippen LogP contribution is 2.26. The van der Waals surface area contributed by atoms with Gasteiger partial charge in [0.15, 0.2) is 0 Å². The van der Waals surface area contributed by atoms with Crippen molar-refractivity contribution in [3.05, 3.63) is 77.1 Å². The molecular weight excluding hydrogens is 528 g/mol. The van der Waals surface area contributed by atoms with E-state index in [0.717, 1.165) is 24.0 Å². The molecule has 1 amide bonds. The Kier molecular flexibility index (Phi) is 7.65. The molecule has 9 nitrogen and oxygen atoms in total. The van der Waals surface area contributed by atoms with E-state index in [1.165, 1.54) is 12.1 Å². The van der Waals surface area contributed by atoms with E-state index in [-0.39, 0.29) is 18.0 Å². The molecule has 1 N–H and O–H groups in total. The van der Waals surface area contributed by atoms with E-state index in [9.17, 15) is 4.79 Å². The number of amides is 1. The van der Waals surface area contributed by atoms with Crippen molar-refractivity contribution in [2.24, 2.45) is 0 Å². The molecular formula is C30H33F2N7O2. The second kappa shape index (κ2) is 11.5. The van der Waals surface area contributed by atoms with E-state index in [1.807, 2.05) is 34.9 Å². The Morgan fingerprint density at radius 2 is 1.73 bits per heavy atom. The van der Waals surface area contributed by atoms with Crippen LogP contribution in [0.1, 0.15) is 21.5 Å². The number of likely N-dealkylation sites (N-methyl/N-ethyl adjacent to an activating group) is 1. The van der Waals surface area contributed by atoms with Crippen molar-refractivity contribution in [2.45, 2.75) is 13.5 Å². The van der Waals surface area contributed by atoms with Crippen LogP contribution in [0.2, 0.25) is 0 Å². The number of aryl methyl sites for hydroxylation is 1. The van der Waals surface area contributed by atoms with Crippen LogP contribution in [0.3, 0.4) is 0 Å². The maximum Gasteiger partial charge on any atom is 0.254 e. The van der Waals surface area contributed by atoms with Gasteiger partial charge < -0.3 is 24.4 Å². The lowest BCUT2D eigenvalue weighted by atomic mass is 10.1. The molecule has 0 spiro atoms. The molecule has 4 heterocycles. The van der Waals surface area contributed by atoms with Gasteiger partial charge in [0.1, 0.15) is 17.3 Å². The lowest BCUT2D eigenvalue weighted by Gasteiger charge is -2.32. The molecule has 0 unspecified atom stereocenters. The van der Waals surface area contributed by atoms with Gasteiger partial charge in [-0.3, -0.25) is 9.69 Å². The fourth-order valence-corrected chi connectivity index (χ4v) is 5.29. The van der Waals surface area contributed by atoms with E-state index in [0.29, 0.717) is 67.9 Å². The third kappa shape index (κ3) is 5.79. The fraction of sp³-hybridized carbons (Fsp3) is 0.367. The summed E-state index contributed by atoms with van der Waals surface area (Å²) in [5.41, 5.74) is 3.09. The SMILES string of the molecule is Cc1ccc(Nc2ncc3ccn(-c4cc(F)c(CN5CCOCC5)c(F)c4)c3n2)cc1C(=O)N1CCN(C)CC1. The third-order valence-electron chi connectivity index (χ3n) is 7.83. The Bertz CT molecular complexity index is 1550. The first-order valence-corrected chi connectivity index (χ1v) is 13.8. The Labute approximate surface area is 237 Å². The van der Waals surface area contributed by atoms with Crippen LogP contribution in [-0.2, 0) is 11.3 Å². The van der Waals surface area contributed by atoms with E-state index in [2.05, 4.69) is 27.2 Å². The van der Waals surface area contributed by atoms with Gasteiger partial charge in [-0.2, -0.15) is 4.98 Å². The molecule has 0 saturated carbocycles. The summed E-state index contributed by atoms with van der Waals surface area (Å²) in [4.78, 5) is 28.4. The molecule has 0 bridgehead atoms. The molecule has 2 aromatic carbocycles. The largest absolute Gasteiger partial charge is 0.379 e. The average molecular weight is 562 g/mol. The summed E-state index contributed by atoms with van der Waals surface area (Å²) in [6, 6.07) is 10.1. The molecule has 41 heavy (non-hydrogen) atoms. The normalized spacial score (nSPS) is 16.8. The summed E-state index contributed by atoms with van der Waals surface area (Å²) in [6.07, 6.45) is 3.38. The Morgan fingerprint density at radius 3 is 2.46 bits per heavy atom. The van der Waals surface area contributed by atoms with Crippen molar-refractivity contribution >= 4 is 28.6 Å². The van der Waals surface area contributed by atoms with E-state index < -0.39 is 11.6 Å². The van der Waals surface area contributed by atoms with Crippen LogP contribution in [-0.4, -0.2) is 94.7 Å². The highest BCUT2D eigenvalue weighted by Gasteiger charge is 2.22. The predicted octanol–water partition coefficient (Wildman–Crippen LogP) is 3.97. The van der Waals surface area contributed by atoms with E-state index in [4.69, 9.17) is 4.74 Å². The van der Waals surface area contributed by atoms with Gasteiger partial charge in [-0.1, -0.05) is 6.07 Å². The summed E-state index contributed by atoms with van der Waals surface area (Å²) >= 11 is 0. The van der Waals surface area contributed by atoms with Crippen LogP contribution in [0.25, 0.3) is 16.7 Å². The molecule has 2 aliphatic heterocycles. The van der Waals surface area contributed by atoms with Gasteiger partial charge in [0, 0.05) is 80.4 Å². The summed E-state index contributed by atoms with van der Waals surface area (Å²) in [5, 5.41) is 3.92. The van der Waals surface area contributed by atoms with Crippen LogP contribution < -0.4 is 5.32 Å². The maximum absolute atomic E-state index is 15.1. The van der Waals surface area contributed by atoms with Crippen molar-refractivity contribution < 1.29 is 18.3 Å². The Hall–Kier alpha value is -3.93. The second-order valence-electron chi connectivity index (χ2n) is 10.7. The smallest absolute Gasteiger partial charge is 0.254 e. The Balaban J connectivity index is 1.24. The zero-order valence-electron chi connectivity index (χ0n) is 23.2. The molecule has 4 aromatic rings. The van der Waals surface area contributed by atoms with Gasteiger partial charge in [-0.15, -0.1) is 0 Å². The molecule has 2 aromatic heterocycles. The fourth-order valence-electron chi connectivity index (χ4n) is 5.29. The maximum atomic E-state index is 15.1. The highest BCUT2D eigenvalue weighted by atomic mass is 19.1. The summed E-state index contributed by atoms with van der Waals surface area (Å²) < 4.78 is 37.2. The summed E-state index contributed by atoms with van der Waals surface area (Å²) in [6.45, 7) is 7.60. The predicted molar refractivity (Wildman–Crippen MR) is 153 cm³/mol. The van der Waals surface area contributed by atoms with Crippen LogP contribution >= 0.6 is 0 Å². The van der Waals surface area contributed by atoms with Crippen LogP contribution in [0.4, 0.5) is 20.4 Å². The number of halogens is 2. The lowest BCUT2D eigenvalue weighted by Crippen LogP contribution is -2.47. The minimum atomic E-state index is -0.599. The number of benzene rings is 2. The molecule has 0 atom stereocenters. The standard InChI is InChI=1S/C30H33F2N7O2/c1-20-3-4-22(15-24(20)29(40)38-9-7-36(2)8-10-38)34-30-33-18-21-5-6-39(28(21)35-30)23-16-26(31)25(27(32)17-23)19-37-11-13-41-14-12-37/h3-6,15-18H,7-14,19H2,1-2H3,(H,33,34,35). The first kappa shape index (κ1) is 27.3. The average Bonchev–Trinajstić information content (AvgIpc) is 3.40. The van der Waals surface area contributed by atoms with Gasteiger partial charge in [0.05, 0.1) is 18.9 Å². The van der Waals surface area contributed by atoms with Crippen LogP contribution in [0, 0.1) is 18.6 Å². The zero-order valence-corrected chi connectivity index (χ0v) is 23.2. The molecule has 0 aliphatic carbocycles. The highest BCUT2D eigenvalue weighted by molar-refractivity contribution is 5.97. The number of nitrogens with one attached hydrogen (secondary N) is 1. The third-order valence-corrected chi connectivity index (χ3v) is 7.83. The minimum absolute atomic E-state index is 0.00520. The van der Waals surface area contributed by atoms with Crippen LogP contribution in [0.15, 0.2) is 48.8 Å². The van der Waals surface area contributed by atoms with Crippen molar-refractivity contribution in [3.63, 3.8) is 0 Å². The lowest BCUT2D eigenvalue weighted by molar-refractivity contribution is 0.0332. The van der Waals surface area contributed by atoms with Gasteiger partial charge in [-0.05, 0) is 49.9 Å². The number of fused-ring (bicyclic) bond motifs is 1. The first-order valence-electron chi connectivity index (χ1n) is 13.8. The monoisotopic (exact) mass is 561 g/mol. The molecule has 0 radical (unpaired) electrons. The number of morpholine rings is 1. The first-order chi connectivity index (χ1) is 19.9. The van der Waals surface area contributed by atoms with Crippen molar-refractivity contribution in [2.75, 3.05) is 64.8 Å². The number of carbonyl (C=O) groups is 1. The number of rotatable bonds is 6. The molecule has 2 fully saturated rings. The van der Waals surface area contributed by atoms with Crippen LogP contribution in [0.5, 0.6) is 0 Å². The van der Waals surface area contributed by atoms with E-state index >= 15 is 8.78 Å². The van der Waals surface area contributed by atoms with Gasteiger partial charge in [-0.25, -0.2) is 13.8 Å². The number of piperazine rings is 1. The number of ether oxygens (including phenoxy) is 1. The number of aromatic nitrogens is 3. The van der Waals surface area contributed by atoms with E-state index in [1.54, 1.807) is 23.0 Å². The van der Waals surface area contributed by atoms with Crippen molar-refractivity contribution in [1.29, 1.82) is 0 Å². The minimum Gasteiger partial charge on any atom is -0.379 e. The topological polar surface area (TPSA) is 78.8 Å². The summed E-state index contributed by atoms with van der Waals surface area (Å²) in [7, 11) is 2.06. The van der Waals surface area contributed by atoms with Crippen molar-refractivity contribution in [3.8, 4) is 5.69 Å². The number of hydrogen-bond acceptors (Lipinski definition) is 7. The molecule has 11 heteroatoms. The zero-order chi connectivity index (χ0) is 28.5. The number of hydrogen-bond donors (Lipinski definition) is 1. The molecule has 214 valence electrons. The number of carbonyl (C=O) groups excluding carboxylic acids is 1. The quantitative estimate of drug-likeness (QED) is 0.382. The van der Waals surface area contributed by atoms with Gasteiger partial charge in [0.2, 0.25) is 5.95 Å². The second-order valence-corrected chi connectivity index (χ2v) is 10.7. The van der Waals surface area contributed by atoms with Gasteiger partial charge in [0.25, 0.3) is 5.91 Å². The molecule has 6 rings (SSSR count). The molecule has 2 saturated heterocycles. The molecule has 2 aliphatic rings. The van der Waals surface area contributed by atoms with Gasteiger partial charge >= 0.3 is 0 Å². The Morgan fingerprint density at radius 1 is 1.00 bits per heavy atom.